The Balaban J connectivity index is 1.60. The lowest BCUT2D eigenvalue weighted by Gasteiger charge is -2.41. The van der Waals surface area contributed by atoms with Crippen molar-refractivity contribution in [3.05, 3.63) is 23.8 Å². The number of nitrogens with two attached hydrogens (primary N) is 1. The third-order valence-corrected chi connectivity index (χ3v) is 6.76. The molecule has 2 aliphatic heterocycles. The van der Waals surface area contributed by atoms with Gasteiger partial charge in [-0.15, -0.1) is 0 Å². The van der Waals surface area contributed by atoms with Crippen LogP contribution in [0, 0.1) is 11.3 Å². The maximum atomic E-state index is 13.1. The zero-order valence-corrected chi connectivity index (χ0v) is 20.3. The van der Waals surface area contributed by atoms with Crippen molar-refractivity contribution in [2.75, 3.05) is 49.2 Å². The van der Waals surface area contributed by atoms with Crippen LogP contribution < -0.4 is 20.9 Å². The number of carbonyl (C=O) groups excluding carboxylic acids is 2. The van der Waals surface area contributed by atoms with Crippen molar-refractivity contribution in [1.82, 2.24) is 5.32 Å². The van der Waals surface area contributed by atoms with E-state index in [-0.39, 0.29) is 41.4 Å². The number of rotatable bonds is 8. The van der Waals surface area contributed by atoms with Crippen LogP contribution >= 0.6 is 0 Å². The average molecular weight is 459 g/mol. The molecule has 3 aliphatic rings. The van der Waals surface area contributed by atoms with Gasteiger partial charge in [0.1, 0.15) is 0 Å². The highest BCUT2D eigenvalue weighted by Crippen LogP contribution is 2.42. The first-order valence-corrected chi connectivity index (χ1v) is 12.2. The smallest absolute Gasteiger partial charge is 0.414 e. The van der Waals surface area contributed by atoms with Gasteiger partial charge in [-0.05, 0) is 51.3 Å². The Morgan fingerprint density at radius 1 is 1.27 bits per heavy atom. The van der Waals surface area contributed by atoms with E-state index >= 15 is 0 Å². The maximum Gasteiger partial charge on any atom is 0.414 e. The molecule has 8 nitrogen and oxygen atoms in total. The zero-order valence-electron chi connectivity index (χ0n) is 20.3. The fourth-order valence-corrected chi connectivity index (χ4v) is 4.64. The van der Waals surface area contributed by atoms with E-state index in [1.54, 1.807) is 4.90 Å². The molecule has 1 aromatic rings. The van der Waals surface area contributed by atoms with Crippen LogP contribution in [-0.4, -0.2) is 63.5 Å². The molecule has 1 aromatic carbocycles. The highest BCUT2D eigenvalue weighted by Gasteiger charge is 2.41. The summed E-state index contributed by atoms with van der Waals surface area (Å²) in [7, 11) is 0. The van der Waals surface area contributed by atoms with E-state index in [4.69, 9.17) is 15.2 Å². The minimum Gasteiger partial charge on any atom is -0.446 e. The van der Waals surface area contributed by atoms with Gasteiger partial charge in [0.2, 0.25) is 5.91 Å². The average Bonchev–Trinajstić information content (AvgIpc) is 3.59. The molecule has 2 fully saturated rings. The zero-order chi connectivity index (χ0) is 23.8. The third kappa shape index (κ3) is 5.18. The number of hydrogen-bond donors (Lipinski definition) is 2. The number of hydrogen-bond acceptors (Lipinski definition) is 6. The lowest BCUT2D eigenvalue weighted by molar-refractivity contribution is -0.120. The predicted molar refractivity (Wildman–Crippen MR) is 129 cm³/mol. The molecule has 182 valence electrons. The van der Waals surface area contributed by atoms with Crippen molar-refractivity contribution < 1.29 is 19.1 Å². The molecule has 8 heteroatoms. The molecular formula is C25H38N4O4. The predicted octanol–water partition coefficient (Wildman–Crippen LogP) is 2.85. The fourth-order valence-electron chi connectivity index (χ4n) is 4.64. The van der Waals surface area contributed by atoms with Crippen LogP contribution in [0.4, 0.5) is 16.2 Å². The number of nitrogens with zero attached hydrogens (tertiary/aromatic N) is 2. The third-order valence-electron chi connectivity index (χ3n) is 6.76. The van der Waals surface area contributed by atoms with E-state index in [0.29, 0.717) is 13.1 Å². The topological polar surface area (TPSA) is 97.1 Å². The summed E-state index contributed by atoms with van der Waals surface area (Å²) in [6.45, 7) is 12.0. The second kappa shape index (κ2) is 9.60. The standard InChI is InChI=1S/C25H38N4O4/c1-16(2)33-24(31)28-12-17(3)29(23(30)18-5-6-18)21-8-7-19(9-22(21)28)20(10-26)11-27-13-25(4)14-32-15-25/h7-9,16-18,20,27H,5-6,10-15,26H2,1-4H3/t17-,20?/m0/s1. The van der Waals surface area contributed by atoms with Gasteiger partial charge in [0, 0.05) is 43.4 Å². The number of nitrogens with one attached hydrogen (secondary N) is 1. The summed E-state index contributed by atoms with van der Waals surface area (Å²) >= 11 is 0. The van der Waals surface area contributed by atoms with Crippen LogP contribution in [0.2, 0.25) is 0 Å². The Labute approximate surface area is 196 Å². The molecule has 2 amide bonds. The molecule has 2 atom stereocenters. The van der Waals surface area contributed by atoms with Gasteiger partial charge in [-0.25, -0.2) is 4.79 Å². The Morgan fingerprint density at radius 2 is 2.00 bits per heavy atom. The molecule has 0 radical (unpaired) electrons. The maximum absolute atomic E-state index is 13.1. The summed E-state index contributed by atoms with van der Waals surface area (Å²) in [5, 5.41) is 3.54. The molecule has 3 N–H and O–H groups in total. The molecule has 0 bridgehead atoms. The summed E-state index contributed by atoms with van der Waals surface area (Å²) in [5.41, 5.74) is 8.89. The number of benzene rings is 1. The van der Waals surface area contributed by atoms with Crippen LogP contribution in [0.1, 0.15) is 52.0 Å². The fraction of sp³-hybridized carbons (Fsp3) is 0.680. The van der Waals surface area contributed by atoms with Gasteiger partial charge in [-0.1, -0.05) is 13.0 Å². The Hall–Kier alpha value is -2.16. The second-order valence-corrected chi connectivity index (χ2v) is 10.5. The highest BCUT2D eigenvalue weighted by molar-refractivity contribution is 6.04. The first-order valence-electron chi connectivity index (χ1n) is 12.2. The first kappa shape index (κ1) is 24.0. The normalized spacial score (nSPS) is 22.5. The van der Waals surface area contributed by atoms with Crippen molar-refractivity contribution in [2.45, 2.75) is 58.6 Å². The van der Waals surface area contributed by atoms with Gasteiger partial charge in [0.05, 0.1) is 36.7 Å². The summed E-state index contributed by atoms with van der Waals surface area (Å²) in [6, 6.07) is 5.92. The van der Waals surface area contributed by atoms with E-state index in [1.165, 1.54) is 0 Å². The molecule has 0 spiro atoms. The van der Waals surface area contributed by atoms with E-state index in [1.807, 2.05) is 43.9 Å². The van der Waals surface area contributed by atoms with Crippen LogP contribution in [0.3, 0.4) is 0 Å². The van der Waals surface area contributed by atoms with E-state index in [9.17, 15) is 9.59 Å². The monoisotopic (exact) mass is 458 g/mol. The van der Waals surface area contributed by atoms with Crippen molar-refractivity contribution >= 4 is 23.4 Å². The highest BCUT2D eigenvalue weighted by atomic mass is 16.6. The van der Waals surface area contributed by atoms with Crippen LogP contribution in [0.5, 0.6) is 0 Å². The summed E-state index contributed by atoms with van der Waals surface area (Å²) in [4.78, 5) is 29.6. The summed E-state index contributed by atoms with van der Waals surface area (Å²) in [6.07, 6.45) is 1.29. The van der Waals surface area contributed by atoms with Crippen LogP contribution in [0.25, 0.3) is 0 Å². The molecule has 1 saturated carbocycles. The van der Waals surface area contributed by atoms with Crippen molar-refractivity contribution in [3.63, 3.8) is 0 Å². The minimum absolute atomic E-state index is 0.0924. The summed E-state index contributed by atoms with van der Waals surface area (Å²) < 4.78 is 10.9. The molecule has 4 rings (SSSR count). The van der Waals surface area contributed by atoms with Crippen molar-refractivity contribution in [3.8, 4) is 0 Å². The van der Waals surface area contributed by atoms with Crippen LogP contribution in [0.15, 0.2) is 18.2 Å². The van der Waals surface area contributed by atoms with Gasteiger partial charge in [-0.3, -0.25) is 9.69 Å². The van der Waals surface area contributed by atoms with Gasteiger partial charge < -0.3 is 25.4 Å². The molecule has 1 saturated heterocycles. The number of amides is 2. The molecule has 33 heavy (non-hydrogen) atoms. The Morgan fingerprint density at radius 3 is 2.58 bits per heavy atom. The van der Waals surface area contributed by atoms with E-state index in [0.717, 1.165) is 56.1 Å². The van der Waals surface area contributed by atoms with Crippen molar-refractivity contribution in [2.24, 2.45) is 17.1 Å². The van der Waals surface area contributed by atoms with Crippen molar-refractivity contribution in [1.29, 1.82) is 0 Å². The van der Waals surface area contributed by atoms with Crippen LogP contribution in [-0.2, 0) is 14.3 Å². The second-order valence-electron chi connectivity index (χ2n) is 10.5. The van der Waals surface area contributed by atoms with Gasteiger partial charge in [0.25, 0.3) is 0 Å². The Bertz CT molecular complexity index is 881. The number of fused-ring (bicyclic) bond motifs is 1. The number of anilines is 2. The molecule has 1 unspecified atom stereocenters. The first-order chi connectivity index (χ1) is 15.7. The molecule has 0 aromatic heterocycles. The Kier molecular flexibility index (Phi) is 6.98. The van der Waals surface area contributed by atoms with E-state index in [2.05, 4.69) is 12.2 Å². The van der Waals surface area contributed by atoms with Gasteiger partial charge >= 0.3 is 6.09 Å². The molecule has 2 heterocycles. The lowest BCUT2D eigenvalue weighted by atomic mass is 9.88. The largest absolute Gasteiger partial charge is 0.446 e. The number of ether oxygens (including phenoxy) is 2. The molecule has 1 aliphatic carbocycles. The van der Waals surface area contributed by atoms with Gasteiger partial charge in [0.15, 0.2) is 0 Å². The lowest BCUT2D eigenvalue weighted by Crippen LogP contribution is -2.53. The molecular weight excluding hydrogens is 420 g/mol. The quantitative estimate of drug-likeness (QED) is 0.622. The SMILES string of the molecule is CC(C)OC(=O)N1C[C@H](C)N(C(=O)C2CC2)c2ccc(C(CN)CNCC3(C)COC3)cc21. The van der Waals surface area contributed by atoms with Gasteiger partial charge in [-0.2, -0.15) is 0 Å². The minimum atomic E-state index is -0.380. The number of carbonyl (C=O) groups is 2. The van der Waals surface area contributed by atoms with E-state index < -0.39 is 0 Å². The summed E-state index contributed by atoms with van der Waals surface area (Å²) in [5.74, 6) is 0.350.